The summed E-state index contributed by atoms with van der Waals surface area (Å²) in [6.45, 7) is 11.5. The highest BCUT2D eigenvalue weighted by atomic mass is 16.5. The second-order valence-electron chi connectivity index (χ2n) is 7.26. The molecule has 3 atom stereocenters. The fourth-order valence-electron chi connectivity index (χ4n) is 2.92. The zero-order valence-electron chi connectivity index (χ0n) is 14.5. The molecule has 1 aliphatic rings. The van der Waals surface area contributed by atoms with Gasteiger partial charge >= 0.3 is 0 Å². The lowest BCUT2D eigenvalue weighted by Gasteiger charge is -2.58. The molecule has 0 heterocycles. The summed E-state index contributed by atoms with van der Waals surface area (Å²) in [5.41, 5.74) is 11.3. The van der Waals surface area contributed by atoms with Gasteiger partial charge in [-0.2, -0.15) is 0 Å². The first kappa shape index (κ1) is 18.4. The molecule has 5 heteroatoms. The molecule has 0 aromatic rings. The Bertz CT molecular complexity index is 371. The number of carbonyl (C=O) groups excluding carboxylic acids is 1. The van der Waals surface area contributed by atoms with Crippen molar-refractivity contribution in [2.75, 3.05) is 20.2 Å². The predicted molar refractivity (Wildman–Crippen MR) is 85.8 cm³/mol. The number of carbonyl (C=O) groups is 1. The zero-order chi connectivity index (χ0) is 16.4. The summed E-state index contributed by atoms with van der Waals surface area (Å²) in [7, 11) is 1.81. The SMILES string of the molecule is CCOC1CC(N)(C(=O)N(C)CCC(N)C(C)C)C1(C)C. The summed E-state index contributed by atoms with van der Waals surface area (Å²) in [5.74, 6) is 0.419. The molecule has 0 spiro atoms. The van der Waals surface area contributed by atoms with E-state index in [-0.39, 0.29) is 23.5 Å². The molecule has 1 aliphatic carbocycles. The van der Waals surface area contributed by atoms with E-state index in [1.165, 1.54) is 0 Å². The van der Waals surface area contributed by atoms with E-state index in [1.54, 1.807) is 4.90 Å². The topological polar surface area (TPSA) is 81.6 Å². The number of rotatable bonds is 7. The van der Waals surface area contributed by atoms with Gasteiger partial charge in [-0.1, -0.05) is 27.7 Å². The van der Waals surface area contributed by atoms with Crippen molar-refractivity contribution < 1.29 is 9.53 Å². The van der Waals surface area contributed by atoms with E-state index >= 15 is 0 Å². The van der Waals surface area contributed by atoms with Crippen LogP contribution in [0.2, 0.25) is 0 Å². The van der Waals surface area contributed by atoms with E-state index in [4.69, 9.17) is 16.2 Å². The Morgan fingerprint density at radius 3 is 2.43 bits per heavy atom. The van der Waals surface area contributed by atoms with E-state index in [1.807, 2.05) is 27.8 Å². The van der Waals surface area contributed by atoms with Gasteiger partial charge in [0, 0.05) is 38.1 Å². The zero-order valence-corrected chi connectivity index (χ0v) is 14.5. The van der Waals surface area contributed by atoms with Crippen molar-refractivity contribution in [3.63, 3.8) is 0 Å². The Balaban J connectivity index is 2.62. The molecule has 1 rings (SSSR count). The molecular formula is C16H33N3O2. The molecule has 4 N–H and O–H groups in total. The average Bonchev–Trinajstić information content (AvgIpc) is 2.42. The molecule has 0 radical (unpaired) electrons. The second-order valence-corrected chi connectivity index (χ2v) is 7.26. The predicted octanol–water partition coefficient (Wildman–Crippen LogP) is 1.35. The van der Waals surface area contributed by atoms with Gasteiger partial charge in [0.25, 0.3) is 0 Å². The first-order valence-electron chi connectivity index (χ1n) is 7.99. The molecule has 0 aliphatic heterocycles. The van der Waals surface area contributed by atoms with Crippen molar-refractivity contribution in [3.8, 4) is 0 Å². The van der Waals surface area contributed by atoms with Gasteiger partial charge in [-0.05, 0) is 19.3 Å². The lowest BCUT2D eigenvalue weighted by Crippen LogP contribution is -2.75. The quantitative estimate of drug-likeness (QED) is 0.743. The lowest BCUT2D eigenvalue weighted by molar-refractivity contribution is -0.178. The Labute approximate surface area is 129 Å². The number of nitrogens with zero attached hydrogens (tertiary/aromatic N) is 1. The number of hydrogen-bond donors (Lipinski definition) is 2. The lowest BCUT2D eigenvalue weighted by atomic mass is 9.54. The van der Waals surface area contributed by atoms with E-state index in [0.29, 0.717) is 25.5 Å². The Hall–Kier alpha value is -0.650. The molecule has 0 aromatic heterocycles. The molecule has 0 saturated heterocycles. The van der Waals surface area contributed by atoms with Gasteiger partial charge in [-0.25, -0.2) is 0 Å². The molecular weight excluding hydrogens is 266 g/mol. The van der Waals surface area contributed by atoms with Crippen LogP contribution >= 0.6 is 0 Å². The van der Waals surface area contributed by atoms with Gasteiger partial charge in [0.1, 0.15) is 5.54 Å². The number of amides is 1. The minimum Gasteiger partial charge on any atom is -0.378 e. The van der Waals surface area contributed by atoms with Crippen LogP contribution in [-0.4, -0.2) is 48.7 Å². The highest BCUT2D eigenvalue weighted by molar-refractivity contribution is 5.88. The standard InChI is InChI=1S/C16H33N3O2/c1-7-21-13-10-16(18,15(13,4)5)14(20)19(6)9-8-12(17)11(2)3/h11-13H,7-10,17-18H2,1-6H3. The summed E-state index contributed by atoms with van der Waals surface area (Å²) in [5, 5.41) is 0. The summed E-state index contributed by atoms with van der Waals surface area (Å²) in [6, 6.07) is 0.111. The van der Waals surface area contributed by atoms with Gasteiger partial charge in [-0.3, -0.25) is 4.79 Å². The minimum atomic E-state index is -0.830. The highest BCUT2D eigenvalue weighted by Crippen LogP contribution is 2.50. The molecule has 21 heavy (non-hydrogen) atoms. The smallest absolute Gasteiger partial charge is 0.243 e. The van der Waals surface area contributed by atoms with Crippen LogP contribution in [0, 0.1) is 11.3 Å². The first-order valence-corrected chi connectivity index (χ1v) is 7.99. The fraction of sp³-hybridized carbons (Fsp3) is 0.938. The molecule has 5 nitrogen and oxygen atoms in total. The van der Waals surface area contributed by atoms with Crippen molar-refractivity contribution in [1.29, 1.82) is 0 Å². The van der Waals surface area contributed by atoms with Crippen molar-refractivity contribution in [3.05, 3.63) is 0 Å². The van der Waals surface area contributed by atoms with Crippen molar-refractivity contribution in [2.45, 2.75) is 65.1 Å². The fourth-order valence-corrected chi connectivity index (χ4v) is 2.92. The third-order valence-electron chi connectivity index (χ3n) is 5.21. The van der Waals surface area contributed by atoms with Gasteiger partial charge < -0.3 is 21.1 Å². The van der Waals surface area contributed by atoms with E-state index in [0.717, 1.165) is 6.42 Å². The highest BCUT2D eigenvalue weighted by Gasteiger charge is 2.63. The summed E-state index contributed by atoms with van der Waals surface area (Å²) in [4.78, 5) is 14.4. The molecule has 124 valence electrons. The second kappa shape index (κ2) is 6.63. The monoisotopic (exact) mass is 299 g/mol. The normalized spacial score (nSPS) is 29.1. The van der Waals surface area contributed by atoms with Crippen LogP contribution < -0.4 is 11.5 Å². The van der Waals surface area contributed by atoms with Gasteiger partial charge in [-0.15, -0.1) is 0 Å². The average molecular weight is 299 g/mol. The molecule has 1 amide bonds. The minimum absolute atomic E-state index is 0.000547. The van der Waals surface area contributed by atoms with Crippen LogP contribution in [0.3, 0.4) is 0 Å². The first-order chi connectivity index (χ1) is 9.57. The van der Waals surface area contributed by atoms with E-state index < -0.39 is 5.54 Å². The Kier molecular flexibility index (Phi) is 5.81. The van der Waals surface area contributed by atoms with Crippen molar-refractivity contribution in [2.24, 2.45) is 22.8 Å². The maximum Gasteiger partial charge on any atom is 0.243 e. The van der Waals surface area contributed by atoms with Crippen LogP contribution in [0.5, 0.6) is 0 Å². The third kappa shape index (κ3) is 3.41. The maximum atomic E-state index is 12.7. The van der Waals surface area contributed by atoms with Crippen molar-refractivity contribution in [1.82, 2.24) is 4.90 Å². The summed E-state index contributed by atoms with van der Waals surface area (Å²) in [6.07, 6.45) is 1.45. The largest absolute Gasteiger partial charge is 0.378 e. The number of likely N-dealkylation sites (N-methyl/N-ethyl adjacent to an activating group) is 1. The summed E-state index contributed by atoms with van der Waals surface area (Å²) < 4.78 is 5.68. The molecule has 0 aromatic carbocycles. The number of hydrogen-bond acceptors (Lipinski definition) is 4. The Morgan fingerprint density at radius 1 is 1.43 bits per heavy atom. The molecule has 3 unspecified atom stereocenters. The summed E-state index contributed by atoms with van der Waals surface area (Å²) >= 11 is 0. The van der Waals surface area contributed by atoms with E-state index in [2.05, 4.69) is 13.8 Å². The Morgan fingerprint density at radius 2 is 2.00 bits per heavy atom. The number of ether oxygens (including phenoxy) is 1. The van der Waals surface area contributed by atoms with E-state index in [9.17, 15) is 4.79 Å². The number of nitrogens with two attached hydrogens (primary N) is 2. The van der Waals surface area contributed by atoms with Crippen LogP contribution in [0.15, 0.2) is 0 Å². The van der Waals surface area contributed by atoms with Crippen LogP contribution in [-0.2, 0) is 9.53 Å². The molecule has 0 bridgehead atoms. The molecule has 1 saturated carbocycles. The van der Waals surface area contributed by atoms with Gasteiger partial charge in [0.05, 0.1) is 6.10 Å². The van der Waals surface area contributed by atoms with Crippen LogP contribution in [0.4, 0.5) is 0 Å². The van der Waals surface area contributed by atoms with Gasteiger partial charge in [0.2, 0.25) is 5.91 Å². The van der Waals surface area contributed by atoms with Crippen LogP contribution in [0.1, 0.15) is 47.5 Å². The van der Waals surface area contributed by atoms with Gasteiger partial charge in [0.15, 0.2) is 0 Å². The maximum absolute atomic E-state index is 12.7. The van der Waals surface area contributed by atoms with Crippen molar-refractivity contribution >= 4 is 5.91 Å². The third-order valence-corrected chi connectivity index (χ3v) is 5.21. The molecule has 1 fully saturated rings. The van der Waals surface area contributed by atoms with Crippen LogP contribution in [0.25, 0.3) is 0 Å².